The first-order chi connectivity index (χ1) is 7.72. The van der Waals surface area contributed by atoms with Crippen LogP contribution in [0.3, 0.4) is 0 Å². The van der Waals surface area contributed by atoms with Gasteiger partial charge in [0, 0.05) is 13.7 Å². The zero-order chi connectivity index (χ0) is 12.0. The summed E-state index contributed by atoms with van der Waals surface area (Å²) in [6.07, 6.45) is -0.143. The van der Waals surface area contributed by atoms with E-state index in [1.165, 1.54) is 6.07 Å². The van der Waals surface area contributed by atoms with Crippen LogP contribution in [0.4, 0.5) is 4.39 Å². The maximum Gasteiger partial charge on any atom is 0.165 e. The molecule has 3 nitrogen and oxygen atoms in total. The fourth-order valence-electron chi connectivity index (χ4n) is 1.51. The van der Waals surface area contributed by atoms with Crippen LogP contribution < -0.4 is 10.1 Å². The van der Waals surface area contributed by atoms with Gasteiger partial charge in [0.1, 0.15) is 0 Å². The third-order valence-corrected chi connectivity index (χ3v) is 2.30. The Balaban J connectivity index is 2.85. The SMILES string of the molecule is CCOc1ccc(C(CNC)OC)cc1F. The van der Waals surface area contributed by atoms with Crippen LogP contribution in [0.15, 0.2) is 18.2 Å². The second-order valence-electron chi connectivity index (χ2n) is 3.40. The number of nitrogens with one attached hydrogen (secondary N) is 1. The van der Waals surface area contributed by atoms with Gasteiger partial charge in [-0.05, 0) is 31.7 Å². The molecular weight excluding hydrogens is 209 g/mol. The fraction of sp³-hybridized carbons (Fsp3) is 0.500. The van der Waals surface area contributed by atoms with E-state index >= 15 is 0 Å². The van der Waals surface area contributed by atoms with E-state index in [1.807, 2.05) is 20.0 Å². The van der Waals surface area contributed by atoms with Crippen LogP contribution in [-0.2, 0) is 4.74 Å². The summed E-state index contributed by atoms with van der Waals surface area (Å²) in [5.74, 6) is -0.0666. The van der Waals surface area contributed by atoms with E-state index in [-0.39, 0.29) is 17.7 Å². The minimum absolute atomic E-state index is 0.143. The normalized spacial score (nSPS) is 12.5. The molecule has 1 rings (SSSR count). The van der Waals surface area contributed by atoms with Crippen molar-refractivity contribution in [1.29, 1.82) is 0 Å². The van der Waals surface area contributed by atoms with Gasteiger partial charge in [-0.1, -0.05) is 6.07 Å². The van der Waals surface area contributed by atoms with E-state index < -0.39 is 0 Å². The summed E-state index contributed by atoms with van der Waals surface area (Å²) >= 11 is 0. The van der Waals surface area contributed by atoms with Crippen LogP contribution in [0.5, 0.6) is 5.75 Å². The van der Waals surface area contributed by atoms with Gasteiger partial charge in [-0.15, -0.1) is 0 Å². The Hall–Kier alpha value is -1.13. The molecule has 90 valence electrons. The molecule has 0 saturated heterocycles. The van der Waals surface area contributed by atoms with E-state index in [1.54, 1.807) is 13.2 Å². The Labute approximate surface area is 95.6 Å². The number of hydrogen-bond acceptors (Lipinski definition) is 3. The molecule has 0 saturated carbocycles. The molecule has 1 unspecified atom stereocenters. The van der Waals surface area contributed by atoms with Crippen LogP contribution in [0.2, 0.25) is 0 Å². The van der Waals surface area contributed by atoms with Crippen molar-refractivity contribution in [3.63, 3.8) is 0 Å². The number of halogens is 1. The average Bonchev–Trinajstić information content (AvgIpc) is 2.29. The Morgan fingerprint density at radius 3 is 2.69 bits per heavy atom. The standard InChI is InChI=1S/C12H18FNO2/c1-4-16-11-6-5-9(7-10(11)13)12(15-3)8-14-2/h5-7,12,14H,4,8H2,1-3H3. The highest BCUT2D eigenvalue weighted by atomic mass is 19.1. The van der Waals surface area contributed by atoms with Crippen molar-refractivity contribution in [2.75, 3.05) is 27.3 Å². The smallest absolute Gasteiger partial charge is 0.165 e. The van der Waals surface area contributed by atoms with Crippen LogP contribution in [0.25, 0.3) is 0 Å². The molecule has 0 fully saturated rings. The molecule has 0 aliphatic carbocycles. The van der Waals surface area contributed by atoms with Gasteiger partial charge >= 0.3 is 0 Å². The molecule has 0 amide bonds. The summed E-state index contributed by atoms with van der Waals surface area (Å²) in [5.41, 5.74) is 0.804. The lowest BCUT2D eigenvalue weighted by molar-refractivity contribution is 0.104. The lowest BCUT2D eigenvalue weighted by atomic mass is 10.1. The summed E-state index contributed by atoms with van der Waals surface area (Å²) in [4.78, 5) is 0. The molecule has 0 aliphatic rings. The summed E-state index contributed by atoms with van der Waals surface area (Å²) in [7, 11) is 3.44. The predicted molar refractivity (Wildman–Crippen MR) is 61.2 cm³/mol. The Bertz CT molecular complexity index is 331. The molecule has 1 N–H and O–H groups in total. The molecule has 1 aromatic rings. The minimum atomic E-state index is -0.350. The molecule has 0 radical (unpaired) electrons. The van der Waals surface area contributed by atoms with E-state index in [0.29, 0.717) is 13.2 Å². The molecule has 1 aromatic carbocycles. The third kappa shape index (κ3) is 3.18. The summed E-state index contributed by atoms with van der Waals surface area (Å²) in [6, 6.07) is 4.91. The maximum atomic E-state index is 13.6. The van der Waals surface area contributed by atoms with Crippen LogP contribution >= 0.6 is 0 Å². The van der Waals surface area contributed by atoms with Gasteiger partial charge in [-0.3, -0.25) is 0 Å². The highest BCUT2D eigenvalue weighted by Crippen LogP contribution is 2.23. The van der Waals surface area contributed by atoms with Crippen molar-refractivity contribution in [1.82, 2.24) is 5.32 Å². The predicted octanol–water partition coefficient (Wildman–Crippen LogP) is 2.13. The van der Waals surface area contributed by atoms with Gasteiger partial charge in [-0.2, -0.15) is 0 Å². The number of likely N-dealkylation sites (N-methyl/N-ethyl adjacent to an activating group) is 1. The summed E-state index contributed by atoms with van der Waals surface area (Å²) < 4.78 is 24.0. The number of methoxy groups -OCH3 is 1. The van der Waals surface area contributed by atoms with Gasteiger partial charge in [0.05, 0.1) is 12.7 Å². The van der Waals surface area contributed by atoms with E-state index in [0.717, 1.165) is 5.56 Å². The average molecular weight is 227 g/mol. The molecular formula is C12H18FNO2. The van der Waals surface area contributed by atoms with E-state index in [2.05, 4.69) is 5.32 Å². The lowest BCUT2D eigenvalue weighted by Crippen LogP contribution is -2.18. The first kappa shape index (κ1) is 12.9. The molecule has 0 bridgehead atoms. The monoisotopic (exact) mass is 227 g/mol. The number of benzene rings is 1. The molecule has 0 aromatic heterocycles. The summed E-state index contributed by atoms with van der Waals surface area (Å²) in [6.45, 7) is 2.93. The Morgan fingerprint density at radius 1 is 1.44 bits per heavy atom. The first-order valence-electron chi connectivity index (χ1n) is 5.32. The van der Waals surface area contributed by atoms with E-state index in [4.69, 9.17) is 9.47 Å². The topological polar surface area (TPSA) is 30.5 Å². The lowest BCUT2D eigenvalue weighted by Gasteiger charge is -2.16. The van der Waals surface area contributed by atoms with Gasteiger partial charge in [0.25, 0.3) is 0 Å². The van der Waals surface area contributed by atoms with Gasteiger partial charge in [0.15, 0.2) is 11.6 Å². The molecule has 0 spiro atoms. The van der Waals surface area contributed by atoms with E-state index in [9.17, 15) is 4.39 Å². The number of ether oxygens (including phenoxy) is 2. The molecule has 0 heterocycles. The van der Waals surface area contributed by atoms with Crippen molar-refractivity contribution in [3.8, 4) is 5.75 Å². The minimum Gasteiger partial charge on any atom is -0.491 e. The quantitative estimate of drug-likeness (QED) is 0.807. The zero-order valence-corrected chi connectivity index (χ0v) is 9.92. The van der Waals surface area contributed by atoms with Crippen LogP contribution in [-0.4, -0.2) is 27.3 Å². The Morgan fingerprint density at radius 2 is 2.19 bits per heavy atom. The summed E-state index contributed by atoms with van der Waals surface area (Å²) in [5, 5.41) is 3.00. The van der Waals surface area contributed by atoms with Crippen molar-refractivity contribution < 1.29 is 13.9 Å². The molecule has 0 aliphatic heterocycles. The molecule has 1 atom stereocenters. The van der Waals surface area contributed by atoms with Gasteiger partial charge in [-0.25, -0.2) is 4.39 Å². The second kappa shape index (κ2) is 6.45. The van der Waals surface area contributed by atoms with Crippen LogP contribution in [0.1, 0.15) is 18.6 Å². The largest absolute Gasteiger partial charge is 0.491 e. The molecule has 16 heavy (non-hydrogen) atoms. The number of hydrogen-bond donors (Lipinski definition) is 1. The van der Waals surface area contributed by atoms with Crippen molar-refractivity contribution in [2.24, 2.45) is 0 Å². The molecule has 4 heteroatoms. The first-order valence-corrected chi connectivity index (χ1v) is 5.32. The van der Waals surface area contributed by atoms with Gasteiger partial charge in [0.2, 0.25) is 0 Å². The zero-order valence-electron chi connectivity index (χ0n) is 9.92. The highest BCUT2D eigenvalue weighted by molar-refractivity contribution is 5.30. The second-order valence-corrected chi connectivity index (χ2v) is 3.40. The van der Waals surface area contributed by atoms with Crippen molar-refractivity contribution >= 4 is 0 Å². The third-order valence-electron chi connectivity index (χ3n) is 2.30. The Kier molecular flexibility index (Phi) is 5.22. The van der Waals surface area contributed by atoms with Crippen LogP contribution in [0, 0.1) is 5.82 Å². The van der Waals surface area contributed by atoms with Crippen molar-refractivity contribution in [3.05, 3.63) is 29.6 Å². The number of rotatable bonds is 6. The van der Waals surface area contributed by atoms with Crippen molar-refractivity contribution in [2.45, 2.75) is 13.0 Å². The van der Waals surface area contributed by atoms with Gasteiger partial charge < -0.3 is 14.8 Å². The highest BCUT2D eigenvalue weighted by Gasteiger charge is 2.12. The fourth-order valence-corrected chi connectivity index (χ4v) is 1.51. The maximum absolute atomic E-state index is 13.6.